The zero-order valence-corrected chi connectivity index (χ0v) is 12.5. The van der Waals surface area contributed by atoms with Crippen molar-refractivity contribution in [3.8, 4) is 0 Å². The van der Waals surface area contributed by atoms with Gasteiger partial charge in [-0.25, -0.2) is 0 Å². The Morgan fingerprint density at radius 2 is 2.10 bits per heavy atom. The molecule has 1 aliphatic rings. The van der Waals surface area contributed by atoms with Crippen molar-refractivity contribution in [1.29, 1.82) is 0 Å². The van der Waals surface area contributed by atoms with Crippen LogP contribution >= 0.6 is 11.8 Å². The average molecular weight is 298 g/mol. The molecule has 0 radical (unpaired) electrons. The number of hydrogen-bond acceptors (Lipinski definition) is 4. The summed E-state index contributed by atoms with van der Waals surface area (Å²) in [5.74, 6) is 0.401. The first-order valence-corrected chi connectivity index (χ1v) is 7.34. The third-order valence-electron chi connectivity index (χ3n) is 3.28. The molecule has 3 rings (SSSR count). The van der Waals surface area contributed by atoms with E-state index < -0.39 is 0 Å². The Hall–Kier alpha value is -2.27. The number of amidine groups is 1. The van der Waals surface area contributed by atoms with Crippen molar-refractivity contribution in [2.24, 2.45) is 4.99 Å². The number of furan rings is 1. The standard InChI is InChI=1S/C16H14N2O2S/c1-10-5-3-7-13(11(10)2)17-16-18-15(19)14(21-16)9-12-6-4-8-20-12/h3-9H,1-2H3,(H,17,18,19)/b14-9+. The molecule has 5 heteroatoms. The molecule has 0 atom stereocenters. The lowest BCUT2D eigenvalue weighted by Gasteiger charge is -2.09. The number of nitrogens with zero attached hydrogens (tertiary/aromatic N) is 1. The fourth-order valence-electron chi connectivity index (χ4n) is 1.97. The molecule has 0 saturated heterocycles. The van der Waals surface area contributed by atoms with Crippen LogP contribution in [0.5, 0.6) is 0 Å². The van der Waals surface area contributed by atoms with E-state index in [0.717, 1.165) is 11.3 Å². The van der Waals surface area contributed by atoms with E-state index >= 15 is 0 Å². The largest absolute Gasteiger partial charge is 0.465 e. The predicted molar refractivity (Wildman–Crippen MR) is 86.3 cm³/mol. The SMILES string of the molecule is Cc1cccc(NC2=NC(=O)/C(=C\c3ccco3)S2)c1C. The Bertz CT molecular complexity index is 746. The molecule has 2 aromatic rings. The van der Waals surface area contributed by atoms with Gasteiger partial charge in [-0.05, 0) is 54.9 Å². The lowest BCUT2D eigenvalue weighted by molar-refractivity contribution is -0.113. The van der Waals surface area contributed by atoms with Gasteiger partial charge in [-0.1, -0.05) is 12.1 Å². The second-order valence-corrected chi connectivity index (χ2v) is 5.75. The van der Waals surface area contributed by atoms with Crippen molar-refractivity contribution in [1.82, 2.24) is 0 Å². The van der Waals surface area contributed by atoms with Gasteiger partial charge in [-0.2, -0.15) is 4.99 Å². The minimum atomic E-state index is -0.246. The van der Waals surface area contributed by atoms with E-state index in [0.29, 0.717) is 15.8 Å². The van der Waals surface area contributed by atoms with E-state index in [-0.39, 0.29) is 5.91 Å². The highest BCUT2D eigenvalue weighted by atomic mass is 32.2. The van der Waals surface area contributed by atoms with Gasteiger partial charge in [0.15, 0.2) is 5.17 Å². The minimum absolute atomic E-state index is 0.246. The van der Waals surface area contributed by atoms with E-state index in [1.54, 1.807) is 24.5 Å². The fourth-order valence-corrected chi connectivity index (χ4v) is 2.77. The highest BCUT2D eigenvalue weighted by molar-refractivity contribution is 8.18. The molecule has 4 nitrogen and oxygen atoms in total. The number of nitrogens with one attached hydrogen (secondary N) is 1. The summed E-state index contributed by atoms with van der Waals surface area (Å²) in [4.78, 5) is 16.5. The van der Waals surface area contributed by atoms with Gasteiger partial charge in [0, 0.05) is 11.8 Å². The van der Waals surface area contributed by atoms with Crippen LogP contribution in [-0.4, -0.2) is 11.1 Å². The molecule has 0 spiro atoms. The third kappa shape index (κ3) is 2.92. The molecule has 1 aromatic carbocycles. The number of carbonyl (C=O) groups is 1. The van der Waals surface area contributed by atoms with Crippen LogP contribution in [0.3, 0.4) is 0 Å². The van der Waals surface area contributed by atoms with Crippen LogP contribution in [0.15, 0.2) is 50.9 Å². The molecule has 1 aromatic heterocycles. The molecule has 1 aliphatic heterocycles. The number of benzene rings is 1. The number of hydrogen-bond donors (Lipinski definition) is 1. The summed E-state index contributed by atoms with van der Waals surface area (Å²) in [6.07, 6.45) is 3.28. The van der Waals surface area contributed by atoms with Gasteiger partial charge in [-0.15, -0.1) is 0 Å². The van der Waals surface area contributed by atoms with Crippen LogP contribution in [0.25, 0.3) is 6.08 Å². The fraction of sp³-hybridized carbons (Fsp3) is 0.125. The van der Waals surface area contributed by atoms with E-state index in [1.807, 2.05) is 19.1 Å². The molecule has 0 aliphatic carbocycles. The van der Waals surface area contributed by atoms with Gasteiger partial charge in [0.25, 0.3) is 5.91 Å². The van der Waals surface area contributed by atoms with Gasteiger partial charge < -0.3 is 9.73 Å². The van der Waals surface area contributed by atoms with Crippen LogP contribution in [0.4, 0.5) is 5.69 Å². The van der Waals surface area contributed by atoms with E-state index in [9.17, 15) is 4.79 Å². The number of rotatable bonds is 2. The molecule has 2 heterocycles. The number of amides is 1. The molecule has 0 bridgehead atoms. The van der Waals surface area contributed by atoms with Crippen LogP contribution in [0.2, 0.25) is 0 Å². The topological polar surface area (TPSA) is 54.6 Å². The second-order valence-electron chi connectivity index (χ2n) is 4.72. The van der Waals surface area contributed by atoms with Crippen molar-refractivity contribution >= 4 is 34.6 Å². The van der Waals surface area contributed by atoms with Crippen LogP contribution < -0.4 is 5.32 Å². The Kier molecular flexibility index (Phi) is 3.66. The van der Waals surface area contributed by atoms with Crippen LogP contribution in [-0.2, 0) is 4.79 Å². The highest BCUT2D eigenvalue weighted by Gasteiger charge is 2.22. The zero-order valence-electron chi connectivity index (χ0n) is 11.7. The summed E-state index contributed by atoms with van der Waals surface area (Å²) >= 11 is 1.32. The number of thioether (sulfide) groups is 1. The molecule has 1 N–H and O–H groups in total. The predicted octanol–water partition coefficient (Wildman–Crippen LogP) is 3.98. The Labute approximate surface area is 127 Å². The summed E-state index contributed by atoms with van der Waals surface area (Å²) in [5, 5.41) is 3.80. The highest BCUT2D eigenvalue weighted by Crippen LogP contribution is 2.30. The molecule has 1 amide bonds. The number of anilines is 1. The van der Waals surface area contributed by atoms with Crippen LogP contribution in [0, 0.1) is 13.8 Å². The maximum atomic E-state index is 11.9. The van der Waals surface area contributed by atoms with Gasteiger partial charge in [0.05, 0.1) is 11.2 Å². The smallest absolute Gasteiger partial charge is 0.286 e. The van der Waals surface area contributed by atoms with Gasteiger partial charge in [-0.3, -0.25) is 4.79 Å². The quantitative estimate of drug-likeness (QED) is 0.852. The first-order valence-electron chi connectivity index (χ1n) is 6.53. The zero-order chi connectivity index (χ0) is 14.8. The Morgan fingerprint density at radius 1 is 1.24 bits per heavy atom. The molecule has 0 fully saturated rings. The number of aliphatic imine (C=N–C) groups is 1. The van der Waals surface area contributed by atoms with Gasteiger partial charge in [0.2, 0.25) is 0 Å². The van der Waals surface area contributed by atoms with Gasteiger partial charge >= 0.3 is 0 Å². The molecule has 0 saturated carbocycles. The molecular formula is C16H14N2O2S. The van der Waals surface area contributed by atoms with Crippen molar-refractivity contribution in [3.05, 3.63) is 58.4 Å². The van der Waals surface area contributed by atoms with E-state index in [1.165, 1.54) is 17.3 Å². The third-order valence-corrected chi connectivity index (χ3v) is 4.18. The molecule has 21 heavy (non-hydrogen) atoms. The van der Waals surface area contributed by atoms with Crippen molar-refractivity contribution in [2.45, 2.75) is 13.8 Å². The Morgan fingerprint density at radius 3 is 2.86 bits per heavy atom. The van der Waals surface area contributed by atoms with Crippen molar-refractivity contribution in [3.63, 3.8) is 0 Å². The monoisotopic (exact) mass is 298 g/mol. The van der Waals surface area contributed by atoms with E-state index in [2.05, 4.69) is 23.3 Å². The van der Waals surface area contributed by atoms with Crippen molar-refractivity contribution in [2.75, 3.05) is 5.32 Å². The lowest BCUT2D eigenvalue weighted by atomic mass is 10.1. The first kappa shape index (κ1) is 13.7. The average Bonchev–Trinajstić information content (AvgIpc) is 3.07. The normalized spacial score (nSPS) is 16.4. The number of carbonyl (C=O) groups excluding carboxylic acids is 1. The Balaban J connectivity index is 1.78. The second kappa shape index (κ2) is 5.61. The molecule has 106 valence electrons. The first-order chi connectivity index (χ1) is 10.1. The van der Waals surface area contributed by atoms with Crippen molar-refractivity contribution < 1.29 is 9.21 Å². The molecule has 0 unspecified atom stereocenters. The lowest BCUT2D eigenvalue weighted by Crippen LogP contribution is -2.06. The maximum absolute atomic E-state index is 11.9. The number of aryl methyl sites for hydroxylation is 1. The summed E-state index contributed by atoms with van der Waals surface area (Å²) < 4.78 is 5.22. The van der Waals surface area contributed by atoms with Crippen LogP contribution in [0.1, 0.15) is 16.9 Å². The van der Waals surface area contributed by atoms with E-state index in [4.69, 9.17) is 4.42 Å². The van der Waals surface area contributed by atoms with Gasteiger partial charge in [0.1, 0.15) is 5.76 Å². The summed E-state index contributed by atoms with van der Waals surface area (Å²) in [7, 11) is 0. The summed E-state index contributed by atoms with van der Waals surface area (Å²) in [5.41, 5.74) is 3.31. The molecular weight excluding hydrogens is 284 g/mol. The summed E-state index contributed by atoms with van der Waals surface area (Å²) in [6.45, 7) is 4.09. The minimum Gasteiger partial charge on any atom is -0.465 e. The maximum Gasteiger partial charge on any atom is 0.286 e. The summed E-state index contributed by atoms with van der Waals surface area (Å²) in [6, 6.07) is 9.59.